The third kappa shape index (κ3) is 4.41. The molecule has 3 heterocycles. The maximum absolute atomic E-state index is 14.6. The minimum absolute atomic E-state index is 0.127. The molecule has 7 nitrogen and oxygen atoms in total. The number of benzene rings is 1. The molecule has 0 saturated heterocycles. The summed E-state index contributed by atoms with van der Waals surface area (Å²) in [6.07, 6.45) is 4.93. The van der Waals surface area contributed by atoms with Crippen LogP contribution in [0.15, 0.2) is 73.6 Å². The number of rotatable bonds is 7. The fourth-order valence-corrected chi connectivity index (χ4v) is 3.28. The number of ether oxygens (including phenoxy) is 1. The molecular weight excluding hydrogens is 404 g/mol. The van der Waals surface area contributed by atoms with Crippen molar-refractivity contribution in [2.24, 2.45) is 0 Å². The Kier molecular flexibility index (Phi) is 5.68. The normalized spacial score (nSPS) is 14.1. The molecule has 0 unspecified atom stereocenters. The Hall–Kier alpha value is -3.72. The first-order valence-electron chi connectivity index (χ1n) is 9.50. The molecule has 31 heavy (non-hydrogen) atoms. The van der Waals surface area contributed by atoms with Crippen LogP contribution in [-0.2, 0) is 12.1 Å². The zero-order chi connectivity index (χ0) is 21.8. The molecule has 0 aliphatic carbocycles. The Bertz CT molecular complexity index is 1160. The lowest BCUT2D eigenvalue weighted by molar-refractivity contribution is -0.0773. The van der Waals surface area contributed by atoms with E-state index in [1.807, 2.05) is 18.2 Å². The van der Waals surface area contributed by atoms with Gasteiger partial charge in [0.1, 0.15) is 36.0 Å². The molecule has 0 radical (unpaired) electrons. The van der Waals surface area contributed by atoms with Gasteiger partial charge in [-0.15, -0.1) is 0 Å². The van der Waals surface area contributed by atoms with Gasteiger partial charge in [-0.05, 0) is 31.2 Å². The van der Waals surface area contributed by atoms with Crippen LogP contribution in [0.1, 0.15) is 12.5 Å². The summed E-state index contributed by atoms with van der Waals surface area (Å²) in [5, 5.41) is 15.5. The molecule has 0 amide bonds. The first kappa shape index (κ1) is 20.5. The van der Waals surface area contributed by atoms with Crippen LogP contribution in [0.3, 0.4) is 0 Å². The lowest BCUT2D eigenvalue weighted by Gasteiger charge is -2.34. The summed E-state index contributed by atoms with van der Waals surface area (Å²) < 4.78 is 35.4. The number of hydrogen-bond acceptors (Lipinski definition) is 6. The van der Waals surface area contributed by atoms with Crippen LogP contribution in [0.4, 0.5) is 8.78 Å². The summed E-state index contributed by atoms with van der Waals surface area (Å²) in [4.78, 5) is 12.3. The van der Waals surface area contributed by atoms with Crippen molar-refractivity contribution in [2.45, 2.75) is 25.2 Å². The predicted molar refractivity (Wildman–Crippen MR) is 108 cm³/mol. The monoisotopic (exact) mass is 423 g/mol. The lowest BCUT2D eigenvalue weighted by atomic mass is 9.88. The van der Waals surface area contributed by atoms with Crippen molar-refractivity contribution in [1.29, 1.82) is 0 Å². The van der Waals surface area contributed by atoms with Gasteiger partial charge in [0.2, 0.25) is 5.88 Å². The zero-order valence-corrected chi connectivity index (χ0v) is 16.6. The molecule has 3 aromatic heterocycles. The van der Waals surface area contributed by atoms with Gasteiger partial charge in [0, 0.05) is 35.7 Å². The molecule has 0 aliphatic rings. The number of halogens is 2. The number of aliphatic hydroxyl groups is 1. The summed E-state index contributed by atoms with van der Waals surface area (Å²) in [5.74, 6) is -1.42. The molecule has 2 atom stereocenters. The van der Waals surface area contributed by atoms with Crippen LogP contribution in [-0.4, -0.2) is 35.9 Å². The van der Waals surface area contributed by atoms with Crippen molar-refractivity contribution in [3.05, 3.63) is 90.8 Å². The summed E-state index contributed by atoms with van der Waals surface area (Å²) in [5.41, 5.74) is -0.526. The SMILES string of the molecule is C[C@@H](Oc1cc(-c2ccccn2)ccn1)[C@@](O)(Cn1cncn1)c1ccc(F)cc1F. The molecule has 0 saturated carbocycles. The number of pyridine rings is 2. The van der Waals surface area contributed by atoms with E-state index in [0.717, 1.165) is 17.3 Å². The number of hydrogen-bond donors (Lipinski definition) is 1. The summed E-state index contributed by atoms with van der Waals surface area (Å²) in [7, 11) is 0. The maximum atomic E-state index is 14.6. The highest BCUT2D eigenvalue weighted by atomic mass is 19.1. The van der Waals surface area contributed by atoms with E-state index in [1.54, 1.807) is 31.5 Å². The van der Waals surface area contributed by atoms with Gasteiger partial charge in [-0.3, -0.25) is 4.98 Å². The third-order valence-corrected chi connectivity index (χ3v) is 4.93. The second kappa shape index (κ2) is 8.57. The van der Waals surface area contributed by atoms with E-state index in [-0.39, 0.29) is 18.0 Å². The highest BCUT2D eigenvalue weighted by Crippen LogP contribution is 2.32. The molecule has 0 aliphatic heterocycles. The van der Waals surface area contributed by atoms with Gasteiger partial charge < -0.3 is 9.84 Å². The van der Waals surface area contributed by atoms with E-state index in [9.17, 15) is 13.9 Å². The average Bonchev–Trinajstić information content (AvgIpc) is 3.27. The van der Waals surface area contributed by atoms with Crippen LogP contribution in [0.25, 0.3) is 11.3 Å². The topological polar surface area (TPSA) is 86.0 Å². The van der Waals surface area contributed by atoms with Crippen molar-refractivity contribution in [3.63, 3.8) is 0 Å². The van der Waals surface area contributed by atoms with Crippen LogP contribution in [0, 0.1) is 11.6 Å². The van der Waals surface area contributed by atoms with Gasteiger partial charge in [-0.25, -0.2) is 23.4 Å². The van der Waals surface area contributed by atoms with Crippen LogP contribution in [0.5, 0.6) is 5.88 Å². The number of nitrogens with zero attached hydrogens (tertiary/aromatic N) is 5. The third-order valence-electron chi connectivity index (χ3n) is 4.93. The molecule has 0 spiro atoms. The van der Waals surface area contributed by atoms with Gasteiger partial charge in [0.25, 0.3) is 0 Å². The second-order valence-electron chi connectivity index (χ2n) is 7.00. The van der Waals surface area contributed by atoms with Crippen molar-refractivity contribution < 1.29 is 18.6 Å². The Labute approximate surface area is 177 Å². The standard InChI is InChI=1S/C22H19F2N5O2/c1-15(31-21-10-16(7-9-27-21)20-4-2-3-8-26-20)22(30,12-29-14-25-13-28-29)18-6-5-17(23)11-19(18)24/h2-11,13-15,30H,12H2,1H3/t15-,22+/m1/s1. The van der Waals surface area contributed by atoms with Crippen molar-refractivity contribution in [1.82, 2.24) is 24.7 Å². The van der Waals surface area contributed by atoms with Gasteiger partial charge in [0.15, 0.2) is 0 Å². The summed E-state index contributed by atoms with van der Waals surface area (Å²) in [6.45, 7) is 1.41. The van der Waals surface area contributed by atoms with E-state index < -0.39 is 23.3 Å². The minimum atomic E-state index is -1.89. The van der Waals surface area contributed by atoms with E-state index >= 15 is 0 Å². The van der Waals surface area contributed by atoms with Crippen LogP contribution in [0.2, 0.25) is 0 Å². The van der Waals surface area contributed by atoms with E-state index in [0.29, 0.717) is 6.07 Å². The minimum Gasteiger partial charge on any atom is -0.471 e. The van der Waals surface area contributed by atoms with Gasteiger partial charge in [-0.2, -0.15) is 5.10 Å². The number of aromatic nitrogens is 5. The van der Waals surface area contributed by atoms with Gasteiger partial charge >= 0.3 is 0 Å². The first-order valence-corrected chi connectivity index (χ1v) is 9.50. The smallest absolute Gasteiger partial charge is 0.214 e. The van der Waals surface area contributed by atoms with Crippen molar-refractivity contribution >= 4 is 0 Å². The first-order chi connectivity index (χ1) is 15.0. The maximum Gasteiger partial charge on any atom is 0.214 e. The molecule has 4 rings (SSSR count). The van der Waals surface area contributed by atoms with E-state index in [2.05, 4.69) is 20.1 Å². The predicted octanol–water partition coefficient (Wildman–Crippen LogP) is 3.37. The van der Waals surface area contributed by atoms with Gasteiger partial charge in [0.05, 0.1) is 12.2 Å². The molecular formula is C22H19F2N5O2. The van der Waals surface area contributed by atoms with Crippen LogP contribution < -0.4 is 4.74 Å². The largest absolute Gasteiger partial charge is 0.471 e. The Morgan fingerprint density at radius 3 is 2.68 bits per heavy atom. The molecule has 0 fully saturated rings. The quantitative estimate of drug-likeness (QED) is 0.491. The highest BCUT2D eigenvalue weighted by molar-refractivity contribution is 5.59. The Morgan fingerprint density at radius 2 is 1.97 bits per heavy atom. The molecule has 158 valence electrons. The highest BCUT2D eigenvalue weighted by Gasteiger charge is 2.41. The van der Waals surface area contributed by atoms with Crippen LogP contribution >= 0.6 is 0 Å². The Morgan fingerprint density at radius 1 is 1.10 bits per heavy atom. The van der Waals surface area contributed by atoms with Gasteiger partial charge in [-0.1, -0.05) is 12.1 Å². The molecule has 9 heteroatoms. The second-order valence-corrected chi connectivity index (χ2v) is 7.00. The van der Waals surface area contributed by atoms with Crippen molar-refractivity contribution in [3.8, 4) is 17.1 Å². The molecule has 1 aromatic carbocycles. The molecule has 1 N–H and O–H groups in total. The Balaban J connectivity index is 1.67. The average molecular weight is 423 g/mol. The molecule has 0 bridgehead atoms. The van der Waals surface area contributed by atoms with E-state index in [1.165, 1.54) is 23.4 Å². The van der Waals surface area contributed by atoms with Crippen molar-refractivity contribution in [2.75, 3.05) is 0 Å². The fraction of sp³-hybridized carbons (Fsp3) is 0.182. The molecule has 4 aromatic rings. The summed E-state index contributed by atoms with van der Waals surface area (Å²) >= 11 is 0. The summed E-state index contributed by atoms with van der Waals surface area (Å²) in [6, 6.07) is 12.0. The fourth-order valence-electron chi connectivity index (χ4n) is 3.28. The lowest BCUT2D eigenvalue weighted by Crippen LogP contribution is -2.45. The zero-order valence-electron chi connectivity index (χ0n) is 16.6. The van der Waals surface area contributed by atoms with E-state index in [4.69, 9.17) is 4.74 Å².